The van der Waals surface area contributed by atoms with Crippen molar-refractivity contribution in [1.82, 2.24) is 4.72 Å². The Morgan fingerprint density at radius 3 is 2.00 bits per heavy atom. The molecule has 0 unspecified atom stereocenters. The van der Waals surface area contributed by atoms with Crippen molar-refractivity contribution in [2.24, 2.45) is 0 Å². The van der Waals surface area contributed by atoms with Crippen LogP contribution in [0.15, 0.2) is 63.2 Å². The second-order valence-electron chi connectivity index (χ2n) is 4.38. The summed E-state index contributed by atoms with van der Waals surface area (Å²) in [5, 5.41) is 9.00. The van der Waals surface area contributed by atoms with E-state index in [-0.39, 0.29) is 11.5 Å². The fourth-order valence-electron chi connectivity index (χ4n) is 1.76. The summed E-state index contributed by atoms with van der Waals surface area (Å²) < 4.78 is 26.1. The predicted octanol–water partition coefficient (Wildman–Crippen LogP) is 2.63. The van der Waals surface area contributed by atoms with Gasteiger partial charge in [0.1, 0.15) is 0 Å². The van der Waals surface area contributed by atoms with E-state index in [0.717, 1.165) is 15.4 Å². The van der Waals surface area contributed by atoms with E-state index in [2.05, 4.69) is 4.72 Å². The Hall–Kier alpha value is -1.34. The molecule has 2 N–H and O–H groups in total. The van der Waals surface area contributed by atoms with Gasteiger partial charge in [-0.25, -0.2) is 13.1 Å². The zero-order chi connectivity index (χ0) is 15.3. The van der Waals surface area contributed by atoms with Crippen LogP contribution in [0.3, 0.4) is 0 Å². The molecule has 4 nitrogen and oxygen atoms in total. The molecule has 2 aromatic carbocycles. The molecule has 0 saturated heterocycles. The molecule has 0 atom stereocenters. The van der Waals surface area contributed by atoms with Gasteiger partial charge in [0.2, 0.25) is 10.0 Å². The summed E-state index contributed by atoms with van der Waals surface area (Å²) >= 11 is 1.54. The molecule has 0 aromatic heterocycles. The number of aliphatic hydroxyl groups excluding tert-OH is 1. The standard InChI is InChI=1S/C15H17NO3S2/c1-2-16-21(18,19)15-9-7-14(8-10-15)20-13-5-3-12(11-17)4-6-13/h3-10,16-17H,2,11H2,1H3. The van der Waals surface area contributed by atoms with E-state index in [9.17, 15) is 8.42 Å². The molecular weight excluding hydrogens is 306 g/mol. The molecule has 0 saturated carbocycles. The Labute approximate surface area is 129 Å². The maximum atomic E-state index is 11.8. The van der Waals surface area contributed by atoms with E-state index in [1.807, 2.05) is 24.3 Å². The van der Waals surface area contributed by atoms with Crippen LogP contribution in [0.5, 0.6) is 0 Å². The molecule has 0 radical (unpaired) electrons. The van der Waals surface area contributed by atoms with Gasteiger partial charge in [0.25, 0.3) is 0 Å². The van der Waals surface area contributed by atoms with Crippen LogP contribution in [-0.4, -0.2) is 20.1 Å². The average molecular weight is 323 g/mol. The van der Waals surface area contributed by atoms with Gasteiger partial charge < -0.3 is 5.11 Å². The van der Waals surface area contributed by atoms with E-state index in [0.29, 0.717) is 6.54 Å². The summed E-state index contributed by atoms with van der Waals surface area (Å²) in [4.78, 5) is 2.26. The van der Waals surface area contributed by atoms with Gasteiger partial charge in [0.05, 0.1) is 11.5 Å². The highest BCUT2D eigenvalue weighted by molar-refractivity contribution is 7.99. The fraction of sp³-hybridized carbons (Fsp3) is 0.200. The number of rotatable bonds is 6. The van der Waals surface area contributed by atoms with Crippen molar-refractivity contribution in [2.75, 3.05) is 6.54 Å². The third-order valence-electron chi connectivity index (χ3n) is 2.81. The van der Waals surface area contributed by atoms with Crippen LogP contribution in [0, 0.1) is 0 Å². The summed E-state index contributed by atoms with van der Waals surface area (Å²) in [6.45, 7) is 2.15. The van der Waals surface area contributed by atoms with Gasteiger partial charge in [-0.2, -0.15) is 0 Å². The van der Waals surface area contributed by atoms with Gasteiger partial charge in [-0.1, -0.05) is 30.8 Å². The van der Waals surface area contributed by atoms with Crippen LogP contribution >= 0.6 is 11.8 Å². The molecular formula is C15H17NO3S2. The molecule has 0 aliphatic carbocycles. The Kier molecular flexibility index (Phi) is 5.41. The van der Waals surface area contributed by atoms with E-state index in [1.165, 1.54) is 0 Å². The largest absolute Gasteiger partial charge is 0.392 e. The molecule has 0 aliphatic heterocycles. The van der Waals surface area contributed by atoms with E-state index >= 15 is 0 Å². The minimum absolute atomic E-state index is 0.0297. The number of benzene rings is 2. The Morgan fingerprint density at radius 1 is 1.00 bits per heavy atom. The molecule has 0 spiro atoms. The van der Waals surface area contributed by atoms with Gasteiger partial charge in [-0.05, 0) is 42.0 Å². The summed E-state index contributed by atoms with van der Waals surface area (Å²) in [6, 6.07) is 14.4. The van der Waals surface area contributed by atoms with Crippen LogP contribution in [0.25, 0.3) is 0 Å². The molecule has 2 aromatic rings. The van der Waals surface area contributed by atoms with E-state index in [1.54, 1.807) is 43.0 Å². The number of hydrogen-bond acceptors (Lipinski definition) is 4. The molecule has 0 aliphatic rings. The van der Waals surface area contributed by atoms with Crippen LogP contribution in [0.1, 0.15) is 12.5 Å². The number of hydrogen-bond donors (Lipinski definition) is 2. The van der Waals surface area contributed by atoms with Crippen molar-refractivity contribution in [1.29, 1.82) is 0 Å². The van der Waals surface area contributed by atoms with Crippen molar-refractivity contribution < 1.29 is 13.5 Å². The monoisotopic (exact) mass is 323 g/mol. The van der Waals surface area contributed by atoms with Crippen molar-refractivity contribution in [3.63, 3.8) is 0 Å². The Morgan fingerprint density at radius 2 is 1.52 bits per heavy atom. The lowest BCUT2D eigenvalue weighted by Gasteiger charge is -2.06. The van der Waals surface area contributed by atoms with Gasteiger partial charge in [0.15, 0.2) is 0 Å². The summed E-state index contributed by atoms with van der Waals surface area (Å²) in [5.41, 5.74) is 0.867. The molecule has 112 valence electrons. The number of aliphatic hydroxyl groups is 1. The molecule has 21 heavy (non-hydrogen) atoms. The lowest BCUT2D eigenvalue weighted by molar-refractivity contribution is 0.282. The minimum atomic E-state index is -3.40. The Balaban J connectivity index is 2.12. The number of nitrogens with one attached hydrogen (secondary N) is 1. The van der Waals surface area contributed by atoms with Crippen LogP contribution in [0.4, 0.5) is 0 Å². The second kappa shape index (κ2) is 7.09. The van der Waals surface area contributed by atoms with Gasteiger partial charge >= 0.3 is 0 Å². The van der Waals surface area contributed by atoms with Crippen LogP contribution in [0.2, 0.25) is 0 Å². The molecule has 0 heterocycles. The topological polar surface area (TPSA) is 66.4 Å². The fourth-order valence-corrected chi connectivity index (χ4v) is 3.62. The highest BCUT2D eigenvalue weighted by atomic mass is 32.2. The average Bonchev–Trinajstić information content (AvgIpc) is 2.48. The lowest BCUT2D eigenvalue weighted by Crippen LogP contribution is -2.22. The summed E-state index contributed by atoms with van der Waals surface area (Å²) in [7, 11) is -3.40. The third kappa shape index (κ3) is 4.31. The molecule has 0 amide bonds. The van der Waals surface area contributed by atoms with E-state index in [4.69, 9.17) is 5.11 Å². The van der Waals surface area contributed by atoms with Gasteiger partial charge in [-0.3, -0.25) is 0 Å². The lowest BCUT2D eigenvalue weighted by atomic mass is 10.2. The van der Waals surface area contributed by atoms with Crippen molar-refractivity contribution >= 4 is 21.8 Å². The summed E-state index contributed by atoms with van der Waals surface area (Å²) in [6.07, 6.45) is 0. The van der Waals surface area contributed by atoms with Gasteiger partial charge in [0, 0.05) is 16.3 Å². The van der Waals surface area contributed by atoms with Crippen LogP contribution < -0.4 is 4.72 Å². The van der Waals surface area contributed by atoms with Crippen molar-refractivity contribution in [2.45, 2.75) is 28.2 Å². The van der Waals surface area contributed by atoms with Crippen molar-refractivity contribution in [3.8, 4) is 0 Å². The smallest absolute Gasteiger partial charge is 0.240 e. The predicted molar refractivity (Wildman–Crippen MR) is 83.8 cm³/mol. The Bertz CT molecular complexity index is 680. The maximum absolute atomic E-state index is 11.8. The first-order valence-corrected chi connectivity index (χ1v) is 8.82. The SMILES string of the molecule is CCNS(=O)(=O)c1ccc(Sc2ccc(CO)cc2)cc1. The zero-order valence-corrected chi connectivity index (χ0v) is 13.2. The molecule has 2 rings (SSSR count). The van der Waals surface area contributed by atoms with Gasteiger partial charge in [-0.15, -0.1) is 0 Å². The molecule has 0 bridgehead atoms. The highest BCUT2D eigenvalue weighted by Gasteiger charge is 2.11. The molecule has 0 fully saturated rings. The minimum Gasteiger partial charge on any atom is -0.392 e. The van der Waals surface area contributed by atoms with E-state index < -0.39 is 10.0 Å². The third-order valence-corrected chi connectivity index (χ3v) is 5.39. The van der Waals surface area contributed by atoms with Crippen LogP contribution in [-0.2, 0) is 16.6 Å². The quantitative estimate of drug-likeness (QED) is 0.857. The van der Waals surface area contributed by atoms with Crippen molar-refractivity contribution in [3.05, 3.63) is 54.1 Å². The first kappa shape index (κ1) is 16.0. The first-order chi connectivity index (χ1) is 10.0. The zero-order valence-electron chi connectivity index (χ0n) is 11.6. The first-order valence-electron chi connectivity index (χ1n) is 6.52. The number of sulfonamides is 1. The maximum Gasteiger partial charge on any atom is 0.240 e. The molecule has 6 heteroatoms. The normalized spacial score (nSPS) is 11.5. The summed E-state index contributed by atoms with van der Waals surface area (Å²) in [5.74, 6) is 0. The second-order valence-corrected chi connectivity index (χ2v) is 7.29. The highest BCUT2D eigenvalue weighted by Crippen LogP contribution is 2.28.